The van der Waals surface area contributed by atoms with Gasteiger partial charge in [0.2, 0.25) is 11.8 Å². The summed E-state index contributed by atoms with van der Waals surface area (Å²) in [4.78, 5) is 28.8. The maximum atomic E-state index is 12.7. The molecule has 2 N–H and O–H groups in total. The number of rotatable bonds is 8. The Hall–Kier alpha value is -1.86. The van der Waals surface area contributed by atoms with E-state index in [1.807, 2.05) is 37.8 Å². The van der Waals surface area contributed by atoms with Crippen LogP contribution in [-0.2, 0) is 16.1 Å². The van der Waals surface area contributed by atoms with Crippen LogP contribution in [-0.4, -0.2) is 65.0 Å². The number of amides is 2. The summed E-state index contributed by atoms with van der Waals surface area (Å²) in [6, 6.07) is 3.34. The van der Waals surface area contributed by atoms with Gasteiger partial charge in [-0.15, -0.1) is 0 Å². The lowest BCUT2D eigenvalue weighted by Gasteiger charge is -2.36. The average molecular weight is 351 g/mol. The van der Waals surface area contributed by atoms with Crippen LogP contribution in [0.5, 0.6) is 0 Å². The number of nitrogens with one attached hydrogen (secondary N) is 1. The predicted octanol–water partition coefficient (Wildman–Crippen LogP) is 0.898. The van der Waals surface area contributed by atoms with Crippen molar-refractivity contribution in [1.82, 2.24) is 15.1 Å². The number of piperazine rings is 1. The van der Waals surface area contributed by atoms with Crippen LogP contribution in [0.1, 0.15) is 38.2 Å². The SMILES string of the molecule is Cc1ccc(CN2CCNC(=O)[C@H]2CC(=O)N(CCCO)C(C)C)o1. The first kappa shape index (κ1) is 19.5. The molecule has 140 valence electrons. The molecule has 0 aliphatic carbocycles. The third-order valence-electron chi connectivity index (χ3n) is 4.47. The highest BCUT2D eigenvalue weighted by molar-refractivity contribution is 5.89. The lowest BCUT2D eigenvalue weighted by Crippen LogP contribution is -2.56. The summed E-state index contributed by atoms with van der Waals surface area (Å²) in [6.07, 6.45) is 0.672. The molecule has 0 aromatic carbocycles. The second-order valence-electron chi connectivity index (χ2n) is 6.75. The Labute approximate surface area is 149 Å². The van der Waals surface area contributed by atoms with Crippen molar-refractivity contribution in [3.8, 4) is 0 Å². The predicted molar refractivity (Wildman–Crippen MR) is 93.8 cm³/mol. The summed E-state index contributed by atoms with van der Waals surface area (Å²) >= 11 is 0. The standard InChI is InChI=1S/C18H29N3O4/c1-13(2)21(8-4-10-22)17(23)11-16-18(24)19-7-9-20(16)12-15-6-5-14(3)25-15/h5-6,13,16,22H,4,7-12H2,1-3H3,(H,19,24)/t16-/m1/s1. The fourth-order valence-electron chi connectivity index (χ4n) is 3.14. The van der Waals surface area contributed by atoms with Gasteiger partial charge < -0.3 is 19.7 Å². The van der Waals surface area contributed by atoms with Gasteiger partial charge in [-0.3, -0.25) is 14.5 Å². The van der Waals surface area contributed by atoms with Crippen LogP contribution in [0.2, 0.25) is 0 Å². The number of carbonyl (C=O) groups is 2. The Morgan fingerprint density at radius 2 is 2.24 bits per heavy atom. The van der Waals surface area contributed by atoms with Crippen molar-refractivity contribution >= 4 is 11.8 Å². The van der Waals surface area contributed by atoms with Gasteiger partial charge in [-0.25, -0.2) is 0 Å². The molecule has 2 heterocycles. The zero-order valence-electron chi connectivity index (χ0n) is 15.3. The van der Waals surface area contributed by atoms with Crippen LogP contribution in [0.4, 0.5) is 0 Å². The van der Waals surface area contributed by atoms with Gasteiger partial charge in [0.15, 0.2) is 0 Å². The van der Waals surface area contributed by atoms with Crippen molar-refractivity contribution in [2.24, 2.45) is 0 Å². The summed E-state index contributed by atoms with van der Waals surface area (Å²) in [5.74, 6) is 1.45. The number of aliphatic hydroxyl groups excluding tert-OH is 1. The van der Waals surface area contributed by atoms with Gasteiger partial charge >= 0.3 is 0 Å². The van der Waals surface area contributed by atoms with Crippen molar-refractivity contribution in [2.45, 2.75) is 52.2 Å². The van der Waals surface area contributed by atoms with Gasteiger partial charge in [-0.2, -0.15) is 0 Å². The molecule has 25 heavy (non-hydrogen) atoms. The topological polar surface area (TPSA) is 86.0 Å². The lowest BCUT2D eigenvalue weighted by molar-refractivity contribution is -0.140. The smallest absolute Gasteiger partial charge is 0.237 e. The highest BCUT2D eigenvalue weighted by atomic mass is 16.3. The number of hydrogen-bond acceptors (Lipinski definition) is 5. The highest BCUT2D eigenvalue weighted by Gasteiger charge is 2.33. The molecular weight excluding hydrogens is 322 g/mol. The second-order valence-corrected chi connectivity index (χ2v) is 6.75. The minimum absolute atomic E-state index is 0.0341. The van der Waals surface area contributed by atoms with E-state index < -0.39 is 6.04 Å². The Morgan fingerprint density at radius 1 is 1.48 bits per heavy atom. The normalized spacial score (nSPS) is 18.4. The molecule has 0 unspecified atom stereocenters. The number of nitrogens with zero attached hydrogens (tertiary/aromatic N) is 2. The first-order valence-electron chi connectivity index (χ1n) is 8.89. The first-order valence-corrected chi connectivity index (χ1v) is 8.89. The molecule has 1 saturated heterocycles. The van der Waals surface area contributed by atoms with Gasteiger partial charge in [0.25, 0.3) is 0 Å². The summed E-state index contributed by atoms with van der Waals surface area (Å²) < 4.78 is 5.62. The van der Waals surface area contributed by atoms with Crippen LogP contribution < -0.4 is 5.32 Å². The summed E-state index contributed by atoms with van der Waals surface area (Å²) in [6.45, 7) is 8.08. The molecule has 2 amide bonds. The minimum atomic E-state index is -0.498. The third kappa shape index (κ3) is 5.31. The monoisotopic (exact) mass is 351 g/mol. The molecule has 0 radical (unpaired) electrons. The molecule has 1 aliphatic rings. The number of aryl methyl sites for hydroxylation is 1. The molecule has 2 rings (SSSR count). The van der Waals surface area contributed by atoms with E-state index >= 15 is 0 Å². The van der Waals surface area contributed by atoms with E-state index in [1.54, 1.807) is 4.90 Å². The van der Waals surface area contributed by atoms with Gasteiger partial charge in [0.1, 0.15) is 11.5 Å². The van der Waals surface area contributed by atoms with Crippen molar-refractivity contribution in [1.29, 1.82) is 0 Å². The fraction of sp³-hybridized carbons (Fsp3) is 0.667. The van der Waals surface area contributed by atoms with Gasteiger partial charge in [0, 0.05) is 32.3 Å². The Kier molecular flexibility index (Phi) is 7.01. The fourth-order valence-corrected chi connectivity index (χ4v) is 3.14. The van der Waals surface area contributed by atoms with Crippen LogP contribution in [0, 0.1) is 6.92 Å². The maximum Gasteiger partial charge on any atom is 0.237 e. The van der Waals surface area contributed by atoms with Crippen LogP contribution in [0.15, 0.2) is 16.5 Å². The summed E-state index contributed by atoms with van der Waals surface area (Å²) in [5, 5.41) is 11.9. The molecule has 7 heteroatoms. The van der Waals surface area contributed by atoms with E-state index in [0.29, 0.717) is 32.6 Å². The summed E-state index contributed by atoms with van der Waals surface area (Å²) in [7, 11) is 0. The molecule has 1 aliphatic heterocycles. The van der Waals surface area contributed by atoms with E-state index in [1.165, 1.54) is 0 Å². The molecule has 0 bridgehead atoms. The zero-order valence-corrected chi connectivity index (χ0v) is 15.3. The number of aliphatic hydroxyl groups is 1. The van der Waals surface area contributed by atoms with E-state index in [9.17, 15) is 9.59 Å². The average Bonchev–Trinajstić information content (AvgIpc) is 2.96. The first-order chi connectivity index (χ1) is 11.9. The second kappa shape index (κ2) is 9.01. The van der Waals surface area contributed by atoms with E-state index in [4.69, 9.17) is 9.52 Å². The Balaban J connectivity index is 2.06. The molecule has 0 saturated carbocycles. The lowest BCUT2D eigenvalue weighted by atomic mass is 10.1. The van der Waals surface area contributed by atoms with Crippen molar-refractivity contribution in [3.05, 3.63) is 23.7 Å². The van der Waals surface area contributed by atoms with E-state index in [0.717, 1.165) is 11.5 Å². The van der Waals surface area contributed by atoms with Crippen LogP contribution in [0.3, 0.4) is 0 Å². The van der Waals surface area contributed by atoms with Gasteiger partial charge in [-0.1, -0.05) is 0 Å². The van der Waals surface area contributed by atoms with Crippen LogP contribution >= 0.6 is 0 Å². The zero-order chi connectivity index (χ0) is 18.4. The van der Waals surface area contributed by atoms with E-state index in [-0.39, 0.29) is 30.9 Å². The summed E-state index contributed by atoms with van der Waals surface area (Å²) in [5.41, 5.74) is 0. The molecule has 1 aromatic rings. The largest absolute Gasteiger partial charge is 0.465 e. The maximum absolute atomic E-state index is 12.7. The molecule has 0 spiro atoms. The van der Waals surface area contributed by atoms with Crippen molar-refractivity contribution in [2.75, 3.05) is 26.2 Å². The third-order valence-corrected chi connectivity index (χ3v) is 4.47. The number of furan rings is 1. The number of carbonyl (C=O) groups excluding carboxylic acids is 2. The molecule has 7 nitrogen and oxygen atoms in total. The van der Waals surface area contributed by atoms with Gasteiger partial charge in [0.05, 0.1) is 19.0 Å². The Morgan fingerprint density at radius 3 is 2.84 bits per heavy atom. The molecule has 1 atom stereocenters. The molecular formula is C18H29N3O4. The van der Waals surface area contributed by atoms with Crippen LogP contribution in [0.25, 0.3) is 0 Å². The van der Waals surface area contributed by atoms with E-state index in [2.05, 4.69) is 5.32 Å². The molecule has 1 fully saturated rings. The highest BCUT2D eigenvalue weighted by Crippen LogP contribution is 2.17. The van der Waals surface area contributed by atoms with Gasteiger partial charge in [-0.05, 0) is 39.3 Å². The number of hydrogen-bond donors (Lipinski definition) is 2. The van der Waals surface area contributed by atoms with Crippen molar-refractivity contribution in [3.63, 3.8) is 0 Å². The minimum Gasteiger partial charge on any atom is -0.465 e. The Bertz CT molecular complexity index is 585. The molecule has 1 aromatic heterocycles. The quantitative estimate of drug-likeness (QED) is 0.727. The van der Waals surface area contributed by atoms with Crippen molar-refractivity contribution < 1.29 is 19.1 Å².